The summed E-state index contributed by atoms with van der Waals surface area (Å²) in [6.45, 7) is 2.32. The number of fused-ring (bicyclic) bond motifs is 1. The Morgan fingerprint density at radius 2 is 1.79 bits per heavy atom. The molecule has 39 heavy (non-hydrogen) atoms. The second-order valence-electron chi connectivity index (χ2n) is 10.8. The van der Waals surface area contributed by atoms with Crippen LogP contribution in [0.2, 0.25) is 0 Å². The molecule has 2 aromatic carbocycles. The van der Waals surface area contributed by atoms with Gasteiger partial charge in [-0.1, -0.05) is 54.6 Å². The van der Waals surface area contributed by atoms with Crippen molar-refractivity contribution in [1.29, 1.82) is 0 Å². The van der Waals surface area contributed by atoms with Gasteiger partial charge < -0.3 is 15.4 Å². The lowest BCUT2D eigenvalue weighted by Gasteiger charge is -2.38. The molecule has 196 valence electrons. The largest absolute Gasteiger partial charge is 0.369 e. The topological polar surface area (TPSA) is 107 Å². The number of pyridine rings is 2. The molecule has 0 amide bonds. The molecule has 8 nitrogen and oxygen atoms in total. The molecule has 1 saturated carbocycles. The van der Waals surface area contributed by atoms with Gasteiger partial charge in [-0.3, -0.25) is 10.1 Å². The number of ether oxygens (including phenoxy) is 1. The van der Waals surface area contributed by atoms with Crippen molar-refractivity contribution in [2.24, 2.45) is 5.73 Å². The van der Waals surface area contributed by atoms with Crippen molar-refractivity contribution >= 4 is 10.9 Å². The van der Waals surface area contributed by atoms with E-state index in [1.165, 1.54) is 16.9 Å². The Morgan fingerprint density at radius 1 is 0.974 bits per heavy atom. The highest BCUT2D eigenvalue weighted by Gasteiger charge is 2.34. The van der Waals surface area contributed by atoms with Gasteiger partial charge >= 0.3 is 0 Å². The number of hydrogen-bond acceptors (Lipinski definition) is 6. The van der Waals surface area contributed by atoms with Gasteiger partial charge in [0.2, 0.25) is 5.82 Å². The minimum absolute atomic E-state index is 0.121. The smallest absolute Gasteiger partial charge is 0.200 e. The molecule has 1 aliphatic heterocycles. The maximum absolute atomic E-state index is 6.59. The highest BCUT2D eigenvalue weighted by atomic mass is 16.5. The molecule has 2 fully saturated rings. The van der Waals surface area contributed by atoms with Crippen LogP contribution in [-0.4, -0.2) is 52.0 Å². The van der Waals surface area contributed by atoms with Crippen LogP contribution < -0.4 is 10.6 Å². The Kier molecular flexibility index (Phi) is 5.96. The molecule has 8 heteroatoms. The van der Waals surface area contributed by atoms with Crippen molar-refractivity contribution in [3.05, 3.63) is 84.3 Å². The van der Waals surface area contributed by atoms with Crippen molar-refractivity contribution in [2.75, 3.05) is 26.8 Å². The number of hydrogen-bond donors (Lipinski definition) is 3. The molecule has 1 saturated heterocycles. The van der Waals surface area contributed by atoms with Crippen LogP contribution in [0.3, 0.4) is 0 Å². The van der Waals surface area contributed by atoms with Crippen LogP contribution in [0.15, 0.2) is 72.9 Å². The zero-order chi connectivity index (χ0) is 26.4. The molecule has 3 aromatic heterocycles. The highest BCUT2D eigenvalue weighted by molar-refractivity contribution is 5.97. The molecule has 1 aliphatic carbocycles. The lowest BCUT2D eigenvalue weighted by Crippen LogP contribution is -3.11. The fourth-order valence-electron chi connectivity index (χ4n) is 5.74. The van der Waals surface area contributed by atoms with Gasteiger partial charge in [0.1, 0.15) is 18.8 Å². The van der Waals surface area contributed by atoms with Crippen molar-refractivity contribution in [3.8, 4) is 33.9 Å². The third-order valence-corrected chi connectivity index (χ3v) is 8.37. The first-order valence-electron chi connectivity index (χ1n) is 13.7. The van der Waals surface area contributed by atoms with Gasteiger partial charge in [-0.05, 0) is 42.5 Å². The molecule has 4 N–H and O–H groups in total. The maximum Gasteiger partial charge on any atom is 0.200 e. The zero-order valence-corrected chi connectivity index (χ0v) is 22.0. The normalized spacial score (nSPS) is 20.6. The highest BCUT2D eigenvalue weighted by Crippen LogP contribution is 2.40. The molecule has 0 bridgehead atoms. The Labute approximate surface area is 227 Å². The van der Waals surface area contributed by atoms with Gasteiger partial charge in [0.25, 0.3) is 0 Å². The van der Waals surface area contributed by atoms with Crippen molar-refractivity contribution < 1.29 is 9.64 Å². The summed E-state index contributed by atoms with van der Waals surface area (Å²) in [5, 5.41) is 8.63. The number of aromatic nitrogens is 5. The Morgan fingerprint density at radius 3 is 2.54 bits per heavy atom. The molecule has 2 atom stereocenters. The second-order valence-corrected chi connectivity index (χ2v) is 10.8. The number of quaternary nitrogens is 1. The van der Waals surface area contributed by atoms with E-state index in [1.54, 1.807) is 6.20 Å². The fraction of sp³-hybridized carbons (Fsp3) is 0.290. The molecule has 0 spiro atoms. The van der Waals surface area contributed by atoms with Gasteiger partial charge in [-0.2, -0.15) is 5.10 Å². The van der Waals surface area contributed by atoms with Crippen LogP contribution in [0.25, 0.3) is 44.8 Å². The summed E-state index contributed by atoms with van der Waals surface area (Å²) in [5.41, 5.74) is 13.3. The zero-order valence-electron chi connectivity index (χ0n) is 22.0. The summed E-state index contributed by atoms with van der Waals surface area (Å²) < 4.78 is 5.71. The van der Waals surface area contributed by atoms with Crippen molar-refractivity contribution in [3.63, 3.8) is 0 Å². The lowest BCUT2D eigenvalue weighted by molar-refractivity contribution is -0.921. The molecule has 2 aliphatic rings. The fourth-order valence-corrected chi connectivity index (χ4v) is 5.74. The predicted octanol–water partition coefficient (Wildman–Crippen LogP) is 3.67. The SMILES string of the molecule is C[NH+]1CCOCC1c1nc(-c2nccc3nc(-c4ccc(C5(N)CCC5)cc4)c(-c4ccccc4)cc23)n[nH]1. The van der Waals surface area contributed by atoms with Crippen LogP contribution in [0.4, 0.5) is 0 Å². The van der Waals surface area contributed by atoms with Crippen molar-refractivity contribution in [2.45, 2.75) is 30.8 Å². The van der Waals surface area contributed by atoms with E-state index in [9.17, 15) is 0 Å². The number of rotatable bonds is 5. The number of H-pyrrole nitrogens is 1. The van der Waals surface area contributed by atoms with Gasteiger partial charge in [-0.25, -0.2) is 9.97 Å². The summed E-state index contributed by atoms with van der Waals surface area (Å²) in [7, 11) is 2.16. The summed E-state index contributed by atoms with van der Waals surface area (Å²) in [4.78, 5) is 16.1. The Balaban J connectivity index is 1.34. The van der Waals surface area contributed by atoms with E-state index in [4.69, 9.17) is 25.4 Å². The second kappa shape index (κ2) is 9.64. The standard InChI is InChI=1S/C31H31N7O/c1-38-16-17-39-19-26(38)29-35-30(37-36-29)28-24-18-23(20-6-3-2-4-7-20)27(34-25(24)12-15-33-28)21-8-10-22(11-9-21)31(32)13-5-14-31/h2-4,6-12,15,18,26H,5,13-14,16-17,19,32H2,1H3,(H,35,36,37)/p+1. The maximum atomic E-state index is 6.59. The van der Waals surface area contributed by atoms with E-state index in [0.717, 1.165) is 65.1 Å². The number of nitrogens with two attached hydrogens (primary N) is 1. The molecule has 7 rings (SSSR count). The quantitative estimate of drug-likeness (QED) is 0.328. The third kappa shape index (κ3) is 4.30. The number of likely N-dealkylation sites (N-methyl/N-ethyl adjacent to an activating group) is 1. The van der Waals surface area contributed by atoms with Crippen LogP contribution >= 0.6 is 0 Å². The van der Waals surface area contributed by atoms with Gasteiger partial charge in [-0.15, -0.1) is 0 Å². The van der Waals surface area contributed by atoms with Gasteiger partial charge in [0.05, 0.1) is 24.9 Å². The monoisotopic (exact) mass is 518 g/mol. The first-order chi connectivity index (χ1) is 19.1. The predicted molar refractivity (Wildman–Crippen MR) is 151 cm³/mol. The Hall–Kier alpha value is -3.98. The van der Waals surface area contributed by atoms with Crippen LogP contribution in [0, 0.1) is 0 Å². The first kappa shape index (κ1) is 24.1. The first-order valence-corrected chi connectivity index (χ1v) is 13.7. The van der Waals surface area contributed by atoms with Crippen LogP contribution in [-0.2, 0) is 10.3 Å². The number of benzene rings is 2. The van der Waals surface area contributed by atoms with E-state index in [2.05, 4.69) is 71.8 Å². The lowest BCUT2D eigenvalue weighted by atomic mass is 9.72. The summed E-state index contributed by atoms with van der Waals surface area (Å²) in [5.74, 6) is 1.39. The minimum atomic E-state index is -0.187. The van der Waals surface area contributed by atoms with E-state index in [-0.39, 0.29) is 11.6 Å². The minimum Gasteiger partial charge on any atom is -0.369 e. The third-order valence-electron chi connectivity index (χ3n) is 8.37. The van der Waals surface area contributed by atoms with Gasteiger partial charge in [0.15, 0.2) is 11.9 Å². The number of morpholine rings is 1. The molecule has 4 heterocycles. The summed E-state index contributed by atoms with van der Waals surface area (Å²) in [6.07, 6.45) is 5.06. The average Bonchev–Trinajstić information content (AvgIpc) is 3.45. The number of nitrogens with one attached hydrogen (secondary N) is 2. The molecular weight excluding hydrogens is 486 g/mol. The number of aromatic amines is 1. The van der Waals surface area contributed by atoms with Crippen molar-refractivity contribution in [1.82, 2.24) is 25.1 Å². The van der Waals surface area contributed by atoms with Crippen LogP contribution in [0.1, 0.15) is 36.7 Å². The number of nitrogens with zero attached hydrogens (tertiary/aromatic N) is 4. The van der Waals surface area contributed by atoms with Gasteiger partial charge in [0, 0.05) is 28.2 Å². The van der Waals surface area contributed by atoms with E-state index < -0.39 is 0 Å². The molecule has 5 aromatic rings. The van der Waals surface area contributed by atoms with E-state index >= 15 is 0 Å². The summed E-state index contributed by atoms with van der Waals surface area (Å²) in [6, 6.07) is 23.3. The molecular formula is C31H32N7O+. The average molecular weight is 519 g/mol. The Bertz CT molecular complexity index is 1630. The summed E-state index contributed by atoms with van der Waals surface area (Å²) >= 11 is 0. The van der Waals surface area contributed by atoms with Crippen LogP contribution in [0.5, 0.6) is 0 Å². The van der Waals surface area contributed by atoms with E-state index in [1.807, 2.05) is 12.1 Å². The van der Waals surface area contributed by atoms with E-state index in [0.29, 0.717) is 18.1 Å². The molecule has 2 unspecified atom stereocenters. The molecule has 0 radical (unpaired) electrons.